The second-order valence-electron chi connectivity index (χ2n) is 3.34. The van der Waals surface area contributed by atoms with Gasteiger partial charge in [-0.15, -0.1) is 0 Å². The van der Waals surface area contributed by atoms with Gasteiger partial charge in [0.2, 0.25) is 9.05 Å². The third-order valence-electron chi connectivity index (χ3n) is 1.98. The number of halogens is 1. The quantitative estimate of drug-likeness (QED) is 0.650. The minimum atomic E-state index is -3.39. The maximum absolute atomic E-state index is 10.7. The monoisotopic (exact) mass is 212 g/mol. The third kappa shape index (κ3) is 3.74. The van der Waals surface area contributed by atoms with E-state index in [9.17, 15) is 8.42 Å². The van der Waals surface area contributed by atoms with Crippen LogP contribution in [0.25, 0.3) is 0 Å². The molecule has 1 rings (SSSR count). The molecule has 0 radical (unpaired) electrons. The molecule has 3 nitrogen and oxygen atoms in total. The van der Waals surface area contributed by atoms with Crippen LogP contribution in [0.5, 0.6) is 0 Å². The van der Waals surface area contributed by atoms with E-state index in [1.807, 2.05) is 0 Å². The Morgan fingerprint density at radius 1 is 1.50 bits per heavy atom. The van der Waals surface area contributed by atoms with Crippen LogP contribution in [0.1, 0.15) is 19.8 Å². The van der Waals surface area contributed by atoms with Gasteiger partial charge in [0.25, 0.3) is 0 Å². The average molecular weight is 213 g/mol. The van der Waals surface area contributed by atoms with Crippen molar-refractivity contribution in [3.05, 3.63) is 0 Å². The number of rotatable bonds is 2. The van der Waals surface area contributed by atoms with Gasteiger partial charge < -0.3 is 4.74 Å². The first-order chi connectivity index (χ1) is 5.47. The molecule has 0 aromatic rings. The Hall–Kier alpha value is 0.200. The van der Waals surface area contributed by atoms with E-state index >= 15 is 0 Å². The summed E-state index contributed by atoms with van der Waals surface area (Å²) in [7, 11) is 1.70. The van der Waals surface area contributed by atoms with Crippen molar-refractivity contribution in [2.45, 2.75) is 25.9 Å². The lowest BCUT2D eigenvalue weighted by Gasteiger charge is -2.25. The van der Waals surface area contributed by atoms with Crippen LogP contribution < -0.4 is 0 Å². The average Bonchev–Trinajstić information content (AvgIpc) is 1.91. The molecule has 0 aromatic heterocycles. The first-order valence-corrected chi connectivity index (χ1v) is 6.49. The summed E-state index contributed by atoms with van der Waals surface area (Å²) in [6.45, 7) is 2.74. The van der Waals surface area contributed by atoms with Crippen LogP contribution in [0.15, 0.2) is 0 Å². The molecule has 0 aliphatic carbocycles. The van der Waals surface area contributed by atoms with E-state index in [1.165, 1.54) is 0 Å². The summed E-state index contributed by atoms with van der Waals surface area (Å²) in [5.74, 6) is 0.487. The standard InChI is InChI=1S/C7H13ClO3S/c1-6-2-3-7(11-4-6)5-12(8,9)10/h6-7H,2-5H2,1H3/t6-,7+/m1/s1. The van der Waals surface area contributed by atoms with E-state index in [1.54, 1.807) is 0 Å². The molecular formula is C7H13ClO3S. The molecule has 2 atom stereocenters. The fraction of sp³-hybridized carbons (Fsp3) is 1.00. The Morgan fingerprint density at radius 2 is 2.17 bits per heavy atom. The van der Waals surface area contributed by atoms with Gasteiger partial charge in [0.15, 0.2) is 0 Å². The molecule has 1 aliphatic heterocycles. The lowest BCUT2D eigenvalue weighted by molar-refractivity contribution is 0.00233. The Balaban J connectivity index is 2.36. The second-order valence-corrected chi connectivity index (χ2v) is 6.16. The number of hydrogen-bond donors (Lipinski definition) is 0. The molecule has 72 valence electrons. The molecule has 1 saturated heterocycles. The zero-order valence-corrected chi connectivity index (χ0v) is 8.57. The lowest BCUT2D eigenvalue weighted by atomic mass is 10.0. The number of hydrogen-bond acceptors (Lipinski definition) is 3. The van der Waals surface area contributed by atoms with Gasteiger partial charge in [-0.05, 0) is 18.8 Å². The van der Waals surface area contributed by atoms with Crippen molar-refractivity contribution in [1.82, 2.24) is 0 Å². The van der Waals surface area contributed by atoms with Crippen molar-refractivity contribution in [2.24, 2.45) is 5.92 Å². The second kappa shape index (κ2) is 3.94. The highest BCUT2D eigenvalue weighted by Crippen LogP contribution is 2.20. The minimum absolute atomic E-state index is 0.0543. The largest absolute Gasteiger partial charge is 0.377 e. The highest BCUT2D eigenvalue weighted by Gasteiger charge is 2.22. The molecule has 1 heterocycles. The fourth-order valence-corrected chi connectivity index (χ4v) is 2.42. The SMILES string of the molecule is C[C@@H]1CC[C@@H](CS(=O)(=O)Cl)OC1. The van der Waals surface area contributed by atoms with Crippen LogP contribution in [-0.4, -0.2) is 26.9 Å². The molecule has 12 heavy (non-hydrogen) atoms. The van der Waals surface area contributed by atoms with Gasteiger partial charge in [-0.1, -0.05) is 6.92 Å². The summed E-state index contributed by atoms with van der Waals surface area (Å²) in [6, 6.07) is 0. The molecule has 1 aliphatic rings. The molecular weight excluding hydrogens is 200 g/mol. The van der Waals surface area contributed by atoms with Crippen LogP contribution in [0.2, 0.25) is 0 Å². The molecule has 0 amide bonds. The van der Waals surface area contributed by atoms with Gasteiger partial charge in [0.05, 0.1) is 11.9 Å². The van der Waals surface area contributed by atoms with Crippen LogP contribution in [0, 0.1) is 5.92 Å². The van der Waals surface area contributed by atoms with Crippen molar-refractivity contribution in [3.63, 3.8) is 0 Å². The smallest absolute Gasteiger partial charge is 0.235 e. The summed E-state index contributed by atoms with van der Waals surface area (Å²) in [4.78, 5) is 0. The van der Waals surface area contributed by atoms with Crippen molar-refractivity contribution in [2.75, 3.05) is 12.4 Å². The summed E-state index contributed by atoms with van der Waals surface area (Å²) in [6.07, 6.45) is 1.63. The third-order valence-corrected chi connectivity index (χ3v) is 3.13. The molecule has 5 heteroatoms. The Labute approximate surface area is 77.5 Å². The highest BCUT2D eigenvalue weighted by atomic mass is 35.7. The molecule has 0 spiro atoms. The van der Waals surface area contributed by atoms with Crippen molar-refractivity contribution >= 4 is 19.7 Å². The van der Waals surface area contributed by atoms with E-state index in [4.69, 9.17) is 15.4 Å². The topological polar surface area (TPSA) is 43.4 Å². The predicted molar refractivity (Wildman–Crippen MR) is 47.8 cm³/mol. The van der Waals surface area contributed by atoms with E-state index in [0.29, 0.717) is 12.5 Å². The van der Waals surface area contributed by atoms with Crippen molar-refractivity contribution in [1.29, 1.82) is 0 Å². The van der Waals surface area contributed by atoms with Crippen LogP contribution in [-0.2, 0) is 13.8 Å². The summed E-state index contributed by atoms with van der Waals surface area (Å²) in [5.41, 5.74) is 0. The predicted octanol–water partition coefficient (Wildman–Crippen LogP) is 1.37. The summed E-state index contributed by atoms with van der Waals surface area (Å²) in [5, 5.41) is 0. The molecule has 0 N–H and O–H groups in total. The van der Waals surface area contributed by atoms with Crippen LogP contribution >= 0.6 is 10.7 Å². The van der Waals surface area contributed by atoms with E-state index < -0.39 is 9.05 Å². The van der Waals surface area contributed by atoms with Gasteiger partial charge in [-0.3, -0.25) is 0 Å². The Morgan fingerprint density at radius 3 is 2.58 bits per heavy atom. The van der Waals surface area contributed by atoms with Gasteiger partial charge in [-0.2, -0.15) is 0 Å². The minimum Gasteiger partial charge on any atom is -0.377 e. The maximum atomic E-state index is 10.7. The highest BCUT2D eigenvalue weighted by molar-refractivity contribution is 8.13. The van der Waals surface area contributed by atoms with Crippen molar-refractivity contribution < 1.29 is 13.2 Å². The van der Waals surface area contributed by atoms with Gasteiger partial charge in [-0.25, -0.2) is 8.42 Å². The maximum Gasteiger partial charge on any atom is 0.235 e. The zero-order chi connectivity index (χ0) is 9.19. The zero-order valence-electron chi connectivity index (χ0n) is 6.99. The first-order valence-electron chi connectivity index (χ1n) is 4.01. The number of ether oxygens (including phenoxy) is 1. The Kier molecular flexibility index (Phi) is 3.37. The molecule has 1 fully saturated rings. The van der Waals surface area contributed by atoms with E-state index in [-0.39, 0.29) is 11.9 Å². The van der Waals surface area contributed by atoms with Gasteiger partial charge in [0.1, 0.15) is 0 Å². The van der Waals surface area contributed by atoms with Crippen LogP contribution in [0.4, 0.5) is 0 Å². The Bertz CT molecular complexity index is 229. The molecule has 0 unspecified atom stereocenters. The normalized spacial score (nSPS) is 31.8. The van der Waals surface area contributed by atoms with Gasteiger partial charge in [0, 0.05) is 17.3 Å². The molecule has 0 aromatic carbocycles. The first kappa shape index (κ1) is 10.3. The van der Waals surface area contributed by atoms with E-state index in [2.05, 4.69) is 6.92 Å². The van der Waals surface area contributed by atoms with Gasteiger partial charge >= 0.3 is 0 Å². The lowest BCUT2D eigenvalue weighted by Crippen LogP contribution is -2.29. The molecule has 0 bridgehead atoms. The fourth-order valence-electron chi connectivity index (χ4n) is 1.29. The summed E-state index contributed by atoms with van der Waals surface area (Å²) >= 11 is 0. The molecule has 0 saturated carbocycles. The summed E-state index contributed by atoms with van der Waals surface area (Å²) < 4.78 is 26.6. The van der Waals surface area contributed by atoms with Crippen molar-refractivity contribution in [3.8, 4) is 0 Å². The van der Waals surface area contributed by atoms with Crippen LogP contribution in [0.3, 0.4) is 0 Å². The van der Waals surface area contributed by atoms with E-state index in [0.717, 1.165) is 12.8 Å².